The van der Waals surface area contributed by atoms with Crippen molar-refractivity contribution >= 4 is 16.9 Å². The number of aromatic nitrogens is 4. The van der Waals surface area contributed by atoms with Gasteiger partial charge in [0.25, 0.3) is 11.5 Å². The molecule has 0 fully saturated rings. The van der Waals surface area contributed by atoms with E-state index < -0.39 is 0 Å². The Bertz CT molecular complexity index is 1210. The van der Waals surface area contributed by atoms with Gasteiger partial charge < -0.3 is 18.8 Å². The molecule has 4 rings (SSSR count). The van der Waals surface area contributed by atoms with Crippen molar-refractivity contribution in [2.75, 3.05) is 0 Å². The van der Waals surface area contributed by atoms with Crippen molar-refractivity contribution in [2.45, 2.75) is 26.9 Å². The van der Waals surface area contributed by atoms with E-state index in [0.717, 1.165) is 5.52 Å². The van der Waals surface area contributed by atoms with Crippen molar-refractivity contribution < 1.29 is 13.7 Å². The van der Waals surface area contributed by atoms with Crippen LogP contribution in [0.4, 0.5) is 0 Å². The Kier molecular flexibility index (Phi) is 4.48. The first kappa shape index (κ1) is 17.7. The van der Waals surface area contributed by atoms with Gasteiger partial charge in [0.1, 0.15) is 5.69 Å². The topological polar surface area (TPSA) is 116 Å². The number of hydrogen-bond donors (Lipinski definition) is 1. The summed E-state index contributed by atoms with van der Waals surface area (Å²) in [7, 11) is 0. The van der Waals surface area contributed by atoms with Gasteiger partial charge in [-0.15, -0.1) is 0 Å². The number of carbonyl (C=O) groups excluding carboxylic acids is 1. The van der Waals surface area contributed by atoms with Crippen molar-refractivity contribution in [1.82, 2.24) is 25.0 Å². The van der Waals surface area contributed by atoms with Gasteiger partial charge in [-0.1, -0.05) is 5.16 Å². The summed E-state index contributed by atoms with van der Waals surface area (Å²) in [6, 6.07) is 8.63. The lowest BCUT2D eigenvalue weighted by Gasteiger charge is -2.09. The number of nitrogens with zero attached hydrogens (tertiary/aromatic N) is 4. The number of hydrogen-bond acceptors (Lipinski definition) is 7. The predicted octanol–water partition coefficient (Wildman–Crippen LogP) is 2.30. The third-order valence-corrected chi connectivity index (χ3v) is 4.30. The molecule has 0 unspecified atom stereocenters. The fourth-order valence-corrected chi connectivity index (χ4v) is 2.92. The lowest BCUT2D eigenvalue weighted by Crippen LogP contribution is -2.23. The standard InChI is InChI=1S/C19H17N5O4/c1-3-24-14-7-6-12(9-13(14)21-11(2)19(24)26)17-22-16(28-23-17)10-20-18(25)15-5-4-8-27-15/h4-9H,3,10H2,1-2H3,(H,20,25). The molecule has 1 aromatic carbocycles. The van der Waals surface area contributed by atoms with E-state index in [-0.39, 0.29) is 29.7 Å². The van der Waals surface area contributed by atoms with Gasteiger partial charge in [0, 0.05) is 12.1 Å². The van der Waals surface area contributed by atoms with E-state index in [1.54, 1.807) is 29.7 Å². The van der Waals surface area contributed by atoms with E-state index in [4.69, 9.17) is 8.94 Å². The summed E-state index contributed by atoms with van der Waals surface area (Å²) in [5.74, 6) is 0.473. The number of carbonyl (C=O) groups is 1. The lowest BCUT2D eigenvalue weighted by atomic mass is 10.1. The Morgan fingerprint density at radius 3 is 2.86 bits per heavy atom. The summed E-state index contributed by atoms with van der Waals surface area (Å²) in [6.45, 7) is 4.23. The first-order chi connectivity index (χ1) is 13.6. The fourth-order valence-electron chi connectivity index (χ4n) is 2.92. The molecule has 142 valence electrons. The molecule has 0 aliphatic rings. The van der Waals surface area contributed by atoms with Crippen molar-refractivity contribution in [1.29, 1.82) is 0 Å². The van der Waals surface area contributed by atoms with Gasteiger partial charge in [0.2, 0.25) is 11.7 Å². The van der Waals surface area contributed by atoms with Crippen molar-refractivity contribution in [2.24, 2.45) is 0 Å². The van der Waals surface area contributed by atoms with Crippen LogP contribution in [0.1, 0.15) is 29.1 Å². The molecule has 3 heterocycles. The molecule has 9 heteroatoms. The molecule has 28 heavy (non-hydrogen) atoms. The zero-order valence-corrected chi connectivity index (χ0v) is 15.3. The minimum atomic E-state index is -0.368. The Morgan fingerprint density at radius 2 is 2.11 bits per heavy atom. The minimum Gasteiger partial charge on any atom is -0.459 e. The maximum Gasteiger partial charge on any atom is 0.287 e. The van der Waals surface area contributed by atoms with Gasteiger partial charge >= 0.3 is 0 Å². The zero-order chi connectivity index (χ0) is 19.7. The molecule has 1 N–H and O–H groups in total. The van der Waals surface area contributed by atoms with Crippen LogP contribution in [0.3, 0.4) is 0 Å². The molecule has 0 spiro atoms. The van der Waals surface area contributed by atoms with E-state index in [0.29, 0.717) is 29.1 Å². The van der Waals surface area contributed by atoms with Crippen LogP contribution in [0.5, 0.6) is 0 Å². The molecule has 1 amide bonds. The molecule has 9 nitrogen and oxygen atoms in total. The highest BCUT2D eigenvalue weighted by molar-refractivity contribution is 5.91. The number of fused-ring (bicyclic) bond motifs is 1. The summed E-state index contributed by atoms with van der Waals surface area (Å²) in [5.41, 5.74) is 2.45. The molecule has 0 bridgehead atoms. The number of furan rings is 1. The van der Waals surface area contributed by atoms with Crippen LogP contribution in [0, 0.1) is 6.92 Å². The molecule has 4 aromatic rings. The summed E-state index contributed by atoms with van der Waals surface area (Å²) in [5, 5.41) is 6.60. The molecule has 0 aliphatic carbocycles. The first-order valence-electron chi connectivity index (χ1n) is 8.72. The van der Waals surface area contributed by atoms with Crippen LogP contribution in [0.15, 0.2) is 50.3 Å². The number of nitrogens with one attached hydrogen (secondary N) is 1. The van der Waals surface area contributed by atoms with Crippen LogP contribution >= 0.6 is 0 Å². The third kappa shape index (κ3) is 3.18. The van der Waals surface area contributed by atoms with E-state index >= 15 is 0 Å². The zero-order valence-electron chi connectivity index (χ0n) is 15.3. The van der Waals surface area contributed by atoms with E-state index in [9.17, 15) is 9.59 Å². The normalized spacial score (nSPS) is 11.1. The highest BCUT2D eigenvalue weighted by Gasteiger charge is 2.14. The maximum absolute atomic E-state index is 12.2. The monoisotopic (exact) mass is 379 g/mol. The van der Waals surface area contributed by atoms with Crippen LogP contribution in [-0.4, -0.2) is 25.6 Å². The van der Waals surface area contributed by atoms with Crippen molar-refractivity contribution in [3.8, 4) is 11.4 Å². The van der Waals surface area contributed by atoms with Crippen LogP contribution in [0.2, 0.25) is 0 Å². The molecular weight excluding hydrogens is 362 g/mol. The van der Waals surface area contributed by atoms with Gasteiger partial charge in [-0.05, 0) is 44.2 Å². The average molecular weight is 379 g/mol. The second-order valence-corrected chi connectivity index (χ2v) is 6.12. The summed E-state index contributed by atoms with van der Waals surface area (Å²) < 4.78 is 11.9. The Morgan fingerprint density at radius 1 is 1.25 bits per heavy atom. The fraction of sp³-hybridized carbons (Fsp3) is 0.211. The van der Waals surface area contributed by atoms with Crippen molar-refractivity contribution in [3.63, 3.8) is 0 Å². The molecule has 3 aromatic heterocycles. The number of aryl methyl sites for hydroxylation is 2. The SMILES string of the molecule is CCn1c(=O)c(C)nc2cc(-c3noc(CNC(=O)c4ccco4)n3)ccc21. The largest absolute Gasteiger partial charge is 0.459 e. The van der Waals surface area contributed by atoms with Crippen molar-refractivity contribution in [3.05, 3.63) is 64.3 Å². The quantitative estimate of drug-likeness (QED) is 0.565. The Hall–Kier alpha value is -3.75. The first-order valence-corrected chi connectivity index (χ1v) is 8.72. The Labute approximate surface area is 159 Å². The number of rotatable bonds is 5. The predicted molar refractivity (Wildman–Crippen MR) is 99.6 cm³/mol. The second-order valence-electron chi connectivity index (χ2n) is 6.12. The van der Waals surface area contributed by atoms with Gasteiger partial charge in [-0.25, -0.2) is 4.98 Å². The highest BCUT2D eigenvalue weighted by Crippen LogP contribution is 2.21. The van der Waals surface area contributed by atoms with Gasteiger partial charge in [0.15, 0.2) is 5.76 Å². The maximum atomic E-state index is 12.2. The van der Waals surface area contributed by atoms with Crippen LogP contribution < -0.4 is 10.9 Å². The average Bonchev–Trinajstić information content (AvgIpc) is 3.39. The van der Waals surface area contributed by atoms with E-state index in [1.807, 2.05) is 19.1 Å². The highest BCUT2D eigenvalue weighted by atomic mass is 16.5. The molecule has 0 atom stereocenters. The van der Waals surface area contributed by atoms with Crippen LogP contribution in [0.25, 0.3) is 22.4 Å². The lowest BCUT2D eigenvalue weighted by molar-refractivity contribution is 0.0918. The molecular formula is C19H17N5O4. The van der Waals surface area contributed by atoms with E-state index in [2.05, 4.69) is 20.4 Å². The van der Waals surface area contributed by atoms with E-state index in [1.165, 1.54) is 6.26 Å². The smallest absolute Gasteiger partial charge is 0.287 e. The second kappa shape index (κ2) is 7.10. The molecule has 0 saturated carbocycles. The third-order valence-electron chi connectivity index (χ3n) is 4.30. The number of benzene rings is 1. The molecule has 0 aliphatic heterocycles. The van der Waals surface area contributed by atoms with Gasteiger partial charge in [-0.3, -0.25) is 9.59 Å². The van der Waals surface area contributed by atoms with Gasteiger partial charge in [-0.2, -0.15) is 4.98 Å². The van der Waals surface area contributed by atoms with Gasteiger partial charge in [0.05, 0.1) is 23.8 Å². The summed E-state index contributed by atoms with van der Waals surface area (Å²) >= 11 is 0. The number of amides is 1. The summed E-state index contributed by atoms with van der Waals surface area (Å²) in [4.78, 5) is 32.8. The summed E-state index contributed by atoms with van der Waals surface area (Å²) in [6.07, 6.45) is 1.42. The Balaban J connectivity index is 1.58. The van der Waals surface area contributed by atoms with Crippen LogP contribution in [-0.2, 0) is 13.1 Å². The minimum absolute atomic E-state index is 0.0762. The molecule has 0 radical (unpaired) electrons. The molecule has 0 saturated heterocycles.